The van der Waals surface area contributed by atoms with Gasteiger partial charge in [-0.05, 0) is 19.2 Å². The molecule has 0 bridgehead atoms. The Bertz CT molecular complexity index is 474. The van der Waals surface area contributed by atoms with E-state index in [1.54, 1.807) is 31.4 Å². The number of carbonyl (C=O) groups excluding carboxylic acids is 1. The summed E-state index contributed by atoms with van der Waals surface area (Å²) >= 11 is 0. The van der Waals surface area contributed by atoms with Crippen molar-refractivity contribution >= 4 is 11.7 Å². The lowest BCUT2D eigenvalue weighted by atomic mass is 10.1. The first-order valence-corrected chi connectivity index (χ1v) is 6.62. The summed E-state index contributed by atoms with van der Waals surface area (Å²) < 4.78 is 4.98. The molecule has 116 valence electrons. The molecule has 0 radical (unpaired) electrons. The van der Waals surface area contributed by atoms with Crippen molar-refractivity contribution in [3.63, 3.8) is 0 Å². The maximum absolute atomic E-state index is 11.9. The lowest BCUT2D eigenvalue weighted by Gasteiger charge is -2.16. The molecule has 0 spiro atoms. The molecule has 0 aromatic heterocycles. The van der Waals surface area contributed by atoms with Crippen molar-refractivity contribution in [1.82, 2.24) is 10.2 Å². The van der Waals surface area contributed by atoms with E-state index < -0.39 is 0 Å². The van der Waals surface area contributed by atoms with Gasteiger partial charge < -0.3 is 25.9 Å². The van der Waals surface area contributed by atoms with Crippen LogP contribution < -0.4 is 11.1 Å². The molecule has 0 atom stereocenters. The highest BCUT2D eigenvalue weighted by Crippen LogP contribution is 2.04. The van der Waals surface area contributed by atoms with E-state index in [2.05, 4.69) is 15.4 Å². The molecule has 7 nitrogen and oxygen atoms in total. The highest BCUT2D eigenvalue weighted by atomic mass is 16.5. The summed E-state index contributed by atoms with van der Waals surface area (Å²) in [7, 11) is 3.63. The minimum atomic E-state index is -0.152. The zero-order valence-electron chi connectivity index (χ0n) is 12.4. The average Bonchev–Trinajstić information content (AvgIpc) is 2.52. The lowest BCUT2D eigenvalue weighted by Crippen LogP contribution is -2.34. The van der Waals surface area contributed by atoms with E-state index in [-0.39, 0.29) is 11.7 Å². The van der Waals surface area contributed by atoms with Crippen LogP contribution in [0.4, 0.5) is 0 Å². The molecule has 0 saturated heterocycles. The van der Waals surface area contributed by atoms with Gasteiger partial charge in [0.25, 0.3) is 5.91 Å². The van der Waals surface area contributed by atoms with Gasteiger partial charge in [0.2, 0.25) is 0 Å². The lowest BCUT2D eigenvalue weighted by molar-refractivity contribution is 0.0947. The Balaban J connectivity index is 2.42. The number of oxime groups is 1. The quantitative estimate of drug-likeness (QED) is 0.273. The fraction of sp³-hybridized carbons (Fsp3) is 0.429. The average molecular weight is 294 g/mol. The number of hydrogen-bond donors (Lipinski definition) is 3. The van der Waals surface area contributed by atoms with Gasteiger partial charge in [0.05, 0.1) is 6.61 Å². The largest absolute Gasteiger partial charge is 0.409 e. The first kappa shape index (κ1) is 16.9. The molecule has 0 fully saturated rings. The molecule has 0 saturated carbocycles. The van der Waals surface area contributed by atoms with Gasteiger partial charge in [-0.1, -0.05) is 17.3 Å². The van der Waals surface area contributed by atoms with E-state index in [0.717, 1.165) is 13.1 Å². The van der Waals surface area contributed by atoms with Crippen LogP contribution in [0.2, 0.25) is 0 Å². The number of benzene rings is 1. The topological polar surface area (TPSA) is 100 Å². The number of hydrogen-bond acceptors (Lipinski definition) is 5. The van der Waals surface area contributed by atoms with Crippen LogP contribution in [0.5, 0.6) is 0 Å². The van der Waals surface area contributed by atoms with Crippen molar-refractivity contribution < 1.29 is 14.7 Å². The summed E-state index contributed by atoms with van der Waals surface area (Å²) in [5.74, 6) is -0.136. The molecule has 0 aliphatic heterocycles. The third kappa shape index (κ3) is 5.80. The Kier molecular flexibility index (Phi) is 7.20. The standard InChI is InChI=1S/C14H22N4O3/c1-18(9-10-21-2)8-7-16-14(19)12-5-3-11(4-6-12)13(15)17-20/h3-6,20H,7-10H2,1-2H3,(H2,15,17)(H,16,19). The molecular weight excluding hydrogens is 272 g/mol. The summed E-state index contributed by atoms with van der Waals surface area (Å²) in [6.45, 7) is 2.79. The van der Waals surface area contributed by atoms with Gasteiger partial charge >= 0.3 is 0 Å². The summed E-state index contributed by atoms with van der Waals surface area (Å²) in [6, 6.07) is 6.54. The SMILES string of the molecule is COCCN(C)CCNC(=O)c1ccc(C(N)=NO)cc1. The molecular formula is C14H22N4O3. The van der Waals surface area contributed by atoms with Crippen molar-refractivity contribution in [1.29, 1.82) is 0 Å². The molecule has 0 aliphatic rings. The van der Waals surface area contributed by atoms with Crippen molar-refractivity contribution in [2.24, 2.45) is 10.9 Å². The number of nitrogens with two attached hydrogens (primary N) is 1. The molecule has 0 heterocycles. The fourth-order valence-corrected chi connectivity index (χ4v) is 1.67. The van der Waals surface area contributed by atoms with E-state index in [4.69, 9.17) is 15.7 Å². The van der Waals surface area contributed by atoms with Gasteiger partial charge in [-0.25, -0.2) is 0 Å². The summed E-state index contributed by atoms with van der Waals surface area (Å²) in [4.78, 5) is 14.0. The first-order chi connectivity index (χ1) is 10.1. The Morgan fingerprint density at radius 1 is 1.33 bits per heavy atom. The van der Waals surface area contributed by atoms with Gasteiger partial charge in [-0.3, -0.25) is 4.79 Å². The number of methoxy groups -OCH3 is 1. The number of ether oxygens (including phenoxy) is 1. The molecule has 1 aromatic carbocycles. The summed E-state index contributed by atoms with van der Waals surface area (Å²) in [5, 5.41) is 14.3. The Hall–Kier alpha value is -2.12. The Morgan fingerprint density at radius 2 is 1.95 bits per heavy atom. The number of amidine groups is 1. The summed E-state index contributed by atoms with van der Waals surface area (Å²) in [6.07, 6.45) is 0. The number of nitrogens with zero attached hydrogens (tertiary/aromatic N) is 2. The molecule has 0 unspecified atom stereocenters. The zero-order valence-corrected chi connectivity index (χ0v) is 12.4. The minimum absolute atomic E-state index is 0.0155. The molecule has 1 rings (SSSR count). The zero-order chi connectivity index (χ0) is 15.7. The highest BCUT2D eigenvalue weighted by Gasteiger charge is 2.06. The van der Waals surface area contributed by atoms with Crippen LogP contribution in [-0.4, -0.2) is 62.2 Å². The Labute approximate surface area is 124 Å². The maximum Gasteiger partial charge on any atom is 0.251 e. The van der Waals surface area contributed by atoms with Crippen molar-refractivity contribution in [2.75, 3.05) is 40.4 Å². The van der Waals surface area contributed by atoms with Crippen LogP contribution >= 0.6 is 0 Å². The van der Waals surface area contributed by atoms with E-state index in [9.17, 15) is 4.79 Å². The van der Waals surface area contributed by atoms with Crippen molar-refractivity contribution in [3.8, 4) is 0 Å². The third-order valence-electron chi connectivity index (χ3n) is 3.01. The number of amides is 1. The van der Waals surface area contributed by atoms with E-state index in [1.165, 1.54) is 0 Å². The van der Waals surface area contributed by atoms with E-state index >= 15 is 0 Å². The van der Waals surface area contributed by atoms with Crippen LogP contribution in [0.1, 0.15) is 15.9 Å². The minimum Gasteiger partial charge on any atom is -0.409 e. The molecule has 1 amide bonds. The van der Waals surface area contributed by atoms with Gasteiger partial charge in [0.1, 0.15) is 0 Å². The van der Waals surface area contributed by atoms with Gasteiger partial charge in [0, 0.05) is 37.9 Å². The molecule has 4 N–H and O–H groups in total. The Morgan fingerprint density at radius 3 is 2.52 bits per heavy atom. The van der Waals surface area contributed by atoms with Crippen LogP contribution in [-0.2, 0) is 4.74 Å². The molecule has 7 heteroatoms. The van der Waals surface area contributed by atoms with Crippen LogP contribution in [0, 0.1) is 0 Å². The number of likely N-dealkylation sites (N-methyl/N-ethyl adjacent to an activating group) is 1. The van der Waals surface area contributed by atoms with Gasteiger partial charge in [-0.15, -0.1) is 0 Å². The number of rotatable bonds is 8. The number of carbonyl (C=O) groups is 1. The van der Waals surface area contributed by atoms with Crippen molar-refractivity contribution in [2.45, 2.75) is 0 Å². The second-order valence-electron chi connectivity index (χ2n) is 4.61. The van der Waals surface area contributed by atoms with Crippen LogP contribution in [0.3, 0.4) is 0 Å². The third-order valence-corrected chi connectivity index (χ3v) is 3.01. The van der Waals surface area contributed by atoms with Crippen molar-refractivity contribution in [3.05, 3.63) is 35.4 Å². The molecule has 21 heavy (non-hydrogen) atoms. The van der Waals surface area contributed by atoms with Gasteiger partial charge in [-0.2, -0.15) is 0 Å². The molecule has 0 aliphatic carbocycles. The fourth-order valence-electron chi connectivity index (χ4n) is 1.67. The van der Waals surface area contributed by atoms with E-state index in [0.29, 0.717) is 24.3 Å². The van der Waals surface area contributed by atoms with Crippen LogP contribution in [0.15, 0.2) is 29.4 Å². The monoisotopic (exact) mass is 294 g/mol. The number of nitrogens with one attached hydrogen (secondary N) is 1. The summed E-state index contributed by atoms with van der Waals surface area (Å²) in [5.41, 5.74) is 6.55. The molecule has 1 aromatic rings. The normalized spacial score (nSPS) is 11.7. The first-order valence-electron chi connectivity index (χ1n) is 6.62. The second kappa shape index (κ2) is 8.93. The predicted molar refractivity (Wildman–Crippen MR) is 80.7 cm³/mol. The van der Waals surface area contributed by atoms with Crippen LogP contribution in [0.25, 0.3) is 0 Å². The maximum atomic E-state index is 11.9. The van der Waals surface area contributed by atoms with Gasteiger partial charge in [0.15, 0.2) is 5.84 Å². The smallest absolute Gasteiger partial charge is 0.251 e. The second-order valence-corrected chi connectivity index (χ2v) is 4.61. The predicted octanol–water partition coefficient (Wildman–Crippen LogP) is 0.0891. The van der Waals surface area contributed by atoms with E-state index in [1.807, 2.05) is 7.05 Å². The highest BCUT2D eigenvalue weighted by molar-refractivity contribution is 5.99.